The fourth-order valence-electron chi connectivity index (χ4n) is 2.98. The number of para-hydroxylation sites is 1. The molecule has 3 aromatic rings. The smallest absolute Gasteiger partial charge is 0.258 e. The maximum absolute atomic E-state index is 14.7. The average molecular weight is 458 g/mol. The Morgan fingerprint density at radius 2 is 1.76 bits per heavy atom. The van der Waals surface area contributed by atoms with Gasteiger partial charge in [-0.1, -0.05) is 18.2 Å². The molecule has 1 aromatic heterocycles. The van der Waals surface area contributed by atoms with Gasteiger partial charge in [-0.05, 0) is 37.6 Å². The van der Waals surface area contributed by atoms with Gasteiger partial charge in [0.1, 0.15) is 0 Å². The van der Waals surface area contributed by atoms with Crippen molar-refractivity contribution in [3.63, 3.8) is 0 Å². The summed E-state index contributed by atoms with van der Waals surface area (Å²) >= 11 is 0. The van der Waals surface area contributed by atoms with Gasteiger partial charge in [0.2, 0.25) is 5.82 Å². The van der Waals surface area contributed by atoms with E-state index in [2.05, 4.69) is 20.9 Å². The Morgan fingerprint density at radius 1 is 1.03 bits per heavy atom. The fourth-order valence-corrected chi connectivity index (χ4v) is 2.98. The lowest BCUT2D eigenvalue weighted by molar-refractivity contribution is 0.0961. The van der Waals surface area contributed by atoms with E-state index in [1.807, 2.05) is 19.1 Å². The number of hydrogen-bond acceptors (Lipinski definition) is 5. The van der Waals surface area contributed by atoms with Crippen LogP contribution >= 0.6 is 0 Å². The zero-order valence-electron chi connectivity index (χ0n) is 18.1. The highest BCUT2D eigenvalue weighted by molar-refractivity contribution is 6.07. The fraction of sp³-hybridized carbons (Fsp3) is 0.174. The number of nitrogens with zero attached hydrogens (tertiary/aromatic N) is 1. The standard InChI is InChI=1S/C23H21F3N4O3/c1-4-33-20-18(25)14(10-15(24)19(20)26)23(32)30-17-9-13(22(31)27-3)11-28-21(17)29-16-8-6-5-7-12(16)2/h5-11H,4H2,1-3H3,(H,27,31)(H,28,29)(H,30,32). The topological polar surface area (TPSA) is 92.3 Å². The molecule has 1 heterocycles. The highest BCUT2D eigenvalue weighted by Crippen LogP contribution is 2.30. The molecule has 7 nitrogen and oxygen atoms in total. The lowest BCUT2D eigenvalue weighted by Gasteiger charge is -2.16. The van der Waals surface area contributed by atoms with E-state index >= 15 is 0 Å². The van der Waals surface area contributed by atoms with Gasteiger partial charge in [0.25, 0.3) is 11.8 Å². The van der Waals surface area contributed by atoms with Gasteiger partial charge in [0.05, 0.1) is 23.4 Å². The predicted molar refractivity (Wildman–Crippen MR) is 118 cm³/mol. The number of amides is 2. The quantitative estimate of drug-likeness (QED) is 0.452. The molecule has 3 rings (SSSR count). The van der Waals surface area contributed by atoms with Gasteiger partial charge < -0.3 is 20.7 Å². The summed E-state index contributed by atoms with van der Waals surface area (Å²) in [5.41, 5.74) is 0.908. The molecule has 0 saturated carbocycles. The normalized spacial score (nSPS) is 10.5. The van der Waals surface area contributed by atoms with Crippen LogP contribution in [-0.4, -0.2) is 30.5 Å². The third kappa shape index (κ3) is 5.05. The minimum absolute atomic E-state index is 0.0199. The molecule has 33 heavy (non-hydrogen) atoms. The summed E-state index contributed by atoms with van der Waals surface area (Å²) in [6, 6.07) is 9.02. The first-order chi connectivity index (χ1) is 15.8. The van der Waals surface area contributed by atoms with Crippen LogP contribution in [0.3, 0.4) is 0 Å². The summed E-state index contributed by atoms with van der Waals surface area (Å²) in [4.78, 5) is 29.1. The highest BCUT2D eigenvalue weighted by Gasteiger charge is 2.25. The predicted octanol–water partition coefficient (Wildman–Crippen LogP) is 4.56. The minimum Gasteiger partial charge on any atom is -0.488 e. The maximum Gasteiger partial charge on any atom is 0.258 e. The number of benzene rings is 2. The Balaban J connectivity index is 2.03. The second kappa shape index (κ2) is 10.0. The van der Waals surface area contributed by atoms with Crippen molar-refractivity contribution in [3.05, 3.63) is 76.7 Å². The van der Waals surface area contributed by atoms with E-state index in [1.54, 1.807) is 12.1 Å². The van der Waals surface area contributed by atoms with Gasteiger partial charge in [-0.25, -0.2) is 13.8 Å². The largest absolute Gasteiger partial charge is 0.488 e. The second-order valence-electron chi connectivity index (χ2n) is 6.89. The molecule has 0 fully saturated rings. The van der Waals surface area contributed by atoms with Gasteiger partial charge in [-0.3, -0.25) is 9.59 Å². The van der Waals surface area contributed by atoms with Gasteiger partial charge in [-0.15, -0.1) is 0 Å². The lowest BCUT2D eigenvalue weighted by atomic mass is 10.1. The number of pyridine rings is 1. The number of aromatic nitrogens is 1. The Bertz CT molecular complexity index is 1220. The number of carbonyl (C=O) groups excluding carboxylic acids is 2. The molecule has 2 aromatic carbocycles. The van der Waals surface area contributed by atoms with Crippen LogP contribution in [0.1, 0.15) is 33.2 Å². The molecule has 0 saturated heterocycles. The first-order valence-electron chi connectivity index (χ1n) is 9.93. The number of nitrogens with one attached hydrogen (secondary N) is 3. The number of rotatable bonds is 7. The van der Waals surface area contributed by atoms with Gasteiger partial charge in [-0.2, -0.15) is 4.39 Å². The number of ether oxygens (including phenoxy) is 1. The van der Waals surface area contributed by atoms with E-state index in [0.29, 0.717) is 11.8 Å². The third-order valence-electron chi connectivity index (χ3n) is 4.67. The SMILES string of the molecule is CCOc1c(F)c(F)cc(C(=O)Nc2cc(C(=O)NC)cnc2Nc2ccccc2C)c1F. The number of aryl methyl sites for hydroxylation is 1. The van der Waals surface area contributed by atoms with Crippen molar-refractivity contribution in [2.75, 3.05) is 24.3 Å². The first-order valence-corrected chi connectivity index (χ1v) is 9.93. The molecule has 2 amide bonds. The van der Waals surface area contributed by atoms with Crippen molar-refractivity contribution >= 4 is 29.0 Å². The molecular weight excluding hydrogens is 437 g/mol. The highest BCUT2D eigenvalue weighted by atomic mass is 19.2. The van der Waals surface area contributed by atoms with Crippen LogP contribution in [0.5, 0.6) is 5.75 Å². The molecule has 0 spiro atoms. The average Bonchev–Trinajstić information content (AvgIpc) is 2.81. The van der Waals surface area contributed by atoms with E-state index in [-0.39, 0.29) is 23.7 Å². The first kappa shape index (κ1) is 23.6. The van der Waals surface area contributed by atoms with Crippen molar-refractivity contribution in [2.45, 2.75) is 13.8 Å². The van der Waals surface area contributed by atoms with Crippen LogP contribution in [-0.2, 0) is 0 Å². The molecular formula is C23H21F3N4O3. The van der Waals surface area contributed by atoms with Crippen LogP contribution in [0, 0.1) is 24.4 Å². The van der Waals surface area contributed by atoms with Crippen LogP contribution in [0.15, 0.2) is 42.6 Å². The molecule has 0 radical (unpaired) electrons. The zero-order valence-corrected chi connectivity index (χ0v) is 18.1. The molecule has 0 unspecified atom stereocenters. The van der Waals surface area contributed by atoms with E-state index < -0.39 is 40.6 Å². The van der Waals surface area contributed by atoms with Gasteiger partial charge in [0, 0.05) is 18.9 Å². The number of hydrogen-bond donors (Lipinski definition) is 3. The number of carbonyl (C=O) groups is 2. The Kier molecular flexibility index (Phi) is 7.17. The van der Waals surface area contributed by atoms with E-state index in [0.717, 1.165) is 5.56 Å². The van der Waals surface area contributed by atoms with Crippen LogP contribution in [0.2, 0.25) is 0 Å². The van der Waals surface area contributed by atoms with Crippen molar-refractivity contribution in [3.8, 4) is 5.75 Å². The molecule has 0 aliphatic heterocycles. The molecule has 0 aliphatic rings. The summed E-state index contributed by atoms with van der Waals surface area (Å²) < 4.78 is 47.4. The minimum atomic E-state index is -1.53. The van der Waals surface area contributed by atoms with E-state index in [4.69, 9.17) is 4.74 Å². The van der Waals surface area contributed by atoms with Crippen molar-refractivity contribution < 1.29 is 27.5 Å². The van der Waals surface area contributed by atoms with Crippen LogP contribution in [0.4, 0.5) is 30.4 Å². The Morgan fingerprint density at radius 3 is 2.42 bits per heavy atom. The Hall–Kier alpha value is -4.08. The summed E-state index contributed by atoms with van der Waals surface area (Å²) in [6.07, 6.45) is 1.29. The molecule has 0 aliphatic carbocycles. The van der Waals surface area contributed by atoms with Crippen LogP contribution < -0.4 is 20.7 Å². The summed E-state index contributed by atoms with van der Waals surface area (Å²) in [5.74, 6) is -6.72. The van der Waals surface area contributed by atoms with Crippen molar-refractivity contribution in [2.24, 2.45) is 0 Å². The van der Waals surface area contributed by atoms with Crippen molar-refractivity contribution in [1.29, 1.82) is 0 Å². The van der Waals surface area contributed by atoms with Crippen molar-refractivity contribution in [1.82, 2.24) is 10.3 Å². The summed E-state index contributed by atoms with van der Waals surface area (Å²) in [7, 11) is 1.42. The second-order valence-corrected chi connectivity index (χ2v) is 6.89. The third-order valence-corrected chi connectivity index (χ3v) is 4.67. The number of anilines is 3. The van der Waals surface area contributed by atoms with Gasteiger partial charge in [0.15, 0.2) is 23.2 Å². The van der Waals surface area contributed by atoms with E-state index in [1.165, 1.54) is 26.2 Å². The van der Waals surface area contributed by atoms with E-state index in [9.17, 15) is 22.8 Å². The molecule has 10 heteroatoms. The molecule has 0 atom stereocenters. The molecule has 3 N–H and O–H groups in total. The summed E-state index contributed by atoms with van der Waals surface area (Å²) in [6.45, 7) is 3.18. The van der Waals surface area contributed by atoms with Crippen LogP contribution in [0.25, 0.3) is 0 Å². The lowest BCUT2D eigenvalue weighted by Crippen LogP contribution is -2.20. The Labute approximate surface area is 188 Å². The van der Waals surface area contributed by atoms with Gasteiger partial charge >= 0.3 is 0 Å². The number of halogens is 3. The monoisotopic (exact) mass is 458 g/mol. The zero-order chi connectivity index (χ0) is 24.1. The summed E-state index contributed by atoms with van der Waals surface area (Å²) in [5, 5.41) is 7.89. The molecule has 172 valence electrons. The molecule has 0 bridgehead atoms. The maximum atomic E-state index is 14.7.